The summed E-state index contributed by atoms with van der Waals surface area (Å²) in [5.41, 5.74) is 15.2. The summed E-state index contributed by atoms with van der Waals surface area (Å²) in [6.45, 7) is 0. The van der Waals surface area contributed by atoms with Crippen molar-refractivity contribution in [2.45, 2.75) is 0 Å². The van der Waals surface area contributed by atoms with Crippen LogP contribution in [-0.4, -0.2) is 0 Å². The molecule has 630 valence electrons. The lowest BCUT2D eigenvalue weighted by molar-refractivity contribution is 1.61. The molecule has 33 aromatic carbocycles. The molecule has 0 aromatic heterocycles. The van der Waals surface area contributed by atoms with Crippen molar-refractivity contribution >= 4 is 259 Å². The molecule has 33 rings (SSSR count). The number of benzene rings is 27. The smallest absolute Gasteiger partial charge is 0.00134 e. The molecule has 0 aliphatic heterocycles. The van der Waals surface area contributed by atoms with Gasteiger partial charge in [0.1, 0.15) is 0 Å². The van der Waals surface area contributed by atoms with Crippen LogP contribution < -0.4 is 0 Å². The summed E-state index contributed by atoms with van der Waals surface area (Å²) in [5, 5.41) is 64.0. The van der Waals surface area contributed by atoms with Crippen LogP contribution in [0.2, 0.25) is 0 Å². The lowest BCUT2D eigenvalue weighted by Gasteiger charge is -2.17. The molecule has 0 bridgehead atoms. The first-order valence-electron chi connectivity index (χ1n) is 48.3. The van der Waals surface area contributed by atoms with E-state index in [1.54, 1.807) is 0 Å². The number of fused-ring (bicyclic) bond motifs is 30. The van der Waals surface area contributed by atoms with Crippen molar-refractivity contribution in [1.82, 2.24) is 0 Å². The molecule has 0 spiro atoms. The first kappa shape index (κ1) is 75.6. The maximum atomic E-state index is 2.50. The molecule has 0 saturated heterocycles. The summed E-state index contributed by atoms with van der Waals surface area (Å²) < 4.78 is 0. The van der Waals surface area contributed by atoms with Gasteiger partial charge in [-0.3, -0.25) is 0 Å². The van der Waals surface area contributed by atoms with E-state index in [2.05, 4.69) is 473 Å². The van der Waals surface area contributed by atoms with Crippen LogP contribution in [-0.2, 0) is 0 Å². The second-order valence-corrected chi connectivity index (χ2v) is 38.3. The normalized spacial score (nSPS) is 12.3. The quantitative estimate of drug-likeness (QED) is 0.146. The predicted molar refractivity (Wildman–Crippen MR) is 599 cm³/mol. The van der Waals surface area contributed by atoms with Gasteiger partial charge in [-0.25, -0.2) is 0 Å². The van der Waals surface area contributed by atoms with E-state index in [0.29, 0.717) is 0 Å². The molecule has 0 aliphatic rings. The predicted octanol–water partition coefficient (Wildman–Crippen LogP) is 39.4. The van der Waals surface area contributed by atoms with E-state index in [1.165, 1.54) is 325 Å². The lowest BCUT2D eigenvalue weighted by atomic mass is 9.86. The third kappa shape index (κ3) is 10.6. The molecular weight excluding hydrogens is 1660 g/mol. The van der Waals surface area contributed by atoms with Crippen LogP contribution >= 0.6 is 0 Å². The Morgan fingerprint density at radius 3 is 0.819 bits per heavy atom. The molecule has 0 amide bonds. The van der Waals surface area contributed by atoms with Gasteiger partial charge in [0, 0.05) is 0 Å². The van der Waals surface area contributed by atoms with Gasteiger partial charge >= 0.3 is 0 Å². The van der Waals surface area contributed by atoms with Crippen molar-refractivity contribution in [3.05, 3.63) is 473 Å². The maximum absolute atomic E-state index is 2.50. The Kier molecular flexibility index (Phi) is 15.8. The number of rotatable bonds is 6. The Hall–Kier alpha value is -17.9. The number of hydrogen-bond acceptors (Lipinski definition) is 0. The third-order valence-electron chi connectivity index (χ3n) is 31.6. The second kappa shape index (κ2) is 28.8. The zero-order valence-corrected chi connectivity index (χ0v) is 75.0. The molecule has 0 aliphatic carbocycles. The molecule has 0 heteroatoms. The highest BCUT2D eigenvalue weighted by atomic mass is 14.3. The first-order valence-corrected chi connectivity index (χ1v) is 48.3. The summed E-state index contributed by atoms with van der Waals surface area (Å²) in [5.74, 6) is 0. The van der Waals surface area contributed by atoms with Crippen LogP contribution in [0.5, 0.6) is 0 Å². The molecule has 0 unspecified atom stereocenters. The van der Waals surface area contributed by atoms with Gasteiger partial charge in [0.25, 0.3) is 0 Å². The average Bonchev–Trinajstić information content (AvgIpc) is 1.54. The molecule has 0 N–H and O–H groups in total. The molecule has 0 heterocycles. The SMILES string of the molecule is c1ccc(-c2ccccc2-c2c3ccc4c(cc5c6ccccc6c6cccc4c65)c3cc3c4cccc5cccc(c23)c54)cc1.c1ccc(-c2ccccc2-c2cc3c(cc4c5ccccc5c5cccc3c54)c3cc4c(cc23)c2cccc3cccc4c32)cc1.c1ccc(-c2ccccc2-c2ccc3c4ccccc4c4cc5c6cc7c(cc6ccc5c2c34)c2cccc3cccc7c32)cc1. The highest BCUT2D eigenvalue weighted by Crippen LogP contribution is 2.56. The van der Waals surface area contributed by atoms with Crippen LogP contribution in [0.3, 0.4) is 0 Å². The number of hydrogen-bond donors (Lipinski definition) is 0. The highest BCUT2D eigenvalue weighted by Gasteiger charge is 2.28. The highest BCUT2D eigenvalue weighted by molar-refractivity contribution is 6.45. The average molecular weight is 1740 g/mol. The van der Waals surface area contributed by atoms with Gasteiger partial charge in [0.2, 0.25) is 0 Å². The molecule has 0 fully saturated rings. The van der Waals surface area contributed by atoms with E-state index in [-0.39, 0.29) is 0 Å². The third-order valence-corrected chi connectivity index (χ3v) is 31.6. The molecular formula is C138H78. The van der Waals surface area contributed by atoms with Gasteiger partial charge in [-0.1, -0.05) is 419 Å². The topological polar surface area (TPSA) is 0 Å². The second-order valence-electron chi connectivity index (χ2n) is 38.3. The van der Waals surface area contributed by atoms with Crippen LogP contribution in [0.15, 0.2) is 473 Å². The first-order chi connectivity index (χ1) is 68.5. The minimum absolute atomic E-state index is 1.24. The Bertz CT molecular complexity index is 10900. The monoisotopic (exact) mass is 1730 g/mol. The van der Waals surface area contributed by atoms with Crippen molar-refractivity contribution in [3.8, 4) is 66.8 Å². The van der Waals surface area contributed by atoms with Gasteiger partial charge in [0.15, 0.2) is 0 Å². The summed E-state index contributed by atoms with van der Waals surface area (Å²) in [7, 11) is 0. The molecule has 0 saturated carbocycles. The summed E-state index contributed by atoms with van der Waals surface area (Å²) in [6, 6.07) is 177. The Labute approximate surface area is 792 Å². The standard InChI is InChI=1S/3C46H26/c1-2-11-27(12-3-1)29-15-4-7-18-33(29)45-37-24-23-32-35-21-10-20-34-30-16-5-6-17-31(30)41(44(34)35)25-39(32)40(37)26-42-36-19-8-13-28-14-9-22-38(43(28)36)46(42)45;1-2-11-27(12-3-1)29-15-4-5-16-30(29)37-23-40-36-22-10-21-33-31-17-6-7-18-32(31)44(46(33)36)26-43(40)42-25-39-35-20-9-14-28-13-8-19-34(45(28)35)38(39)24-41(37)42;1-2-10-27(11-3-1)30-14-4-5-15-31(30)36-22-23-37-32-16-6-7-17-33(32)43-26-41-38(45(36)46(37)43)21-20-29-24-40-34-18-8-12-28-13-9-19-35(44(28)34)42(40)25-39(29)41/h3*1-26H. The van der Waals surface area contributed by atoms with Crippen molar-refractivity contribution in [2.24, 2.45) is 0 Å². The van der Waals surface area contributed by atoms with Crippen LogP contribution in [0, 0.1) is 0 Å². The van der Waals surface area contributed by atoms with E-state index >= 15 is 0 Å². The van der Waals surface area contributed by atoms with Gasteiger partial charge in [-0.2, -0.15) is 0 Å². The van der Waals surface area contributed by atoms with Gasteiger partial charge < -0.3 is 0 Å². The molecule has 33 aromatic rings. The summed E-state index contributed by atoms with van der Waals surface area (Å²) >= 11 is 0. The van der Waals surface area contributed by atoms with E-state index in [1.807, 2.05) is 0 Å². The van der Waals surface area contributed by atoms with Crippen molar-refractivity contribution < 1.29 is 0 Å². The molecule has 0 radical (unpaired) electrons. The zero-order chi connectivity index (χ0) is 89.8. The van der Waals surface area contributed by atoms with Crippen molar-refractivity contribution in [2.75, 3.05) is 0 Å². The van der Waals surface area contributed by atoms with Gasteiger partial charge in [-0.15, -0.1) is 0 Å². The Morgan fingerprint density at radius 1 is 0.0797 bits per heavy atom. The Morgan fingerprint density at radius 2 is 0.333 bits per heavy atom. The van der Waals surface area contributed by atoms with E-state index in [0.717, 1.165) is 0 Å². The lowest BCUT2D eigenvalue weighted by Crippen LogP contribution is -1.90. The zero-order valence-electron chi connectivity index (χ0n) is 75.0. The molecule has 0 atom stereocenters. The summed E-state index contributed by atoms with van der Waals surface area (Å²) in [4.78, 5) is 0. The largest absolute Gasteiger partial charge is 0.0622 e. The van der Waals surface area contributed by atoms with Gasteiger partial charge in [0.05, 0.1) is 0 Å². The molecule has 138 heavy (non-hydrogen) atoms. The fraction of sp³-hybridized carbons (Fsp3) is 0. The van der Waals surface area contributed by atoms with Gasteiger partial charge in [-0.05, 0) is 380 Å². The van der Waals surface area contributed by atoms with E-state index in [9.17, 15) is 0 Å². The Balaban J connectivity index is 0.0000000959. The van der Waals surface area contributed by atoms with Crippen molar-refractivity contribution in [3.63, 3.8) is 0 Å². The minimum Gasteiger partial charge on any atom is -0.0622 e. The maximum Gasteiger partial charge on any atom is -0.00134 e. The molecule has 0 nitrogen and oxygen atoms in total. The van der Waals surface area contributed by atoms with Crippen LogP contribution in [0.4, 0.5) is 0 Å². The van der Waals surface area contributed by atoms with Crippen LogP contribution in [0.1, 0.15) is 0 Å². The van der Waals surface area contributed by atoms with Crippen molar-refractivity contribution in [1.29, 1.82) is 0 Å². The van der Waals surface area contributed by atoms with E-state index in [4.69, 9.17) is 0 Å². The van der Waals surface area contributed by atoms with E-state index < -0.39 is 0 Å². The fourth-order valence-electron chi connectivity index (χ4n) is 25.8. The fourth-order valence-corrected chi connectivity index (χ4v) is 25.8. The van der Waals surface area contributed by atoms with Crippen LogP contribution in [0.25, 0.3) is 325 Å². The summed E-state index contributed by atoms with van der Waals surface area (Å²) in [6.07, 6.45) is 0. The minimum atomic E-state index is 1.24.